The molecule has 2 N–H and O–H groups in total. The molecule has 1 aromatic rings. The number of hydrogen-bond donors (Lipinski definition) is 2. The van der Waals surface area contributed by atoms with E-state index in [9.17, 15) is 14.5 Å². The van der Waals surface area contributed by atoms with E-state index in [4.69, 9.17) is 13.6 Å². The molecule has 1 heterocycles. The number of ether oxygens (including phenoxy) is 1. The molecular formula is C17H25NO7P. The number of nitrogens with one attached hydrogen (secondary N) is 1. The molecule has 1 aliphatic heterocycles. The zero-order valence-corrected chi connectivity index (χ0v) is 16.0. The number of hydrogen-bond acceptors (Lipinski definition) is 7. The lowest BCUT2D eigenvalue weighted by molar-refractivity contribution is -0.145. The second kappa shape index (κ2) is 8.88. The average Bonchev–Trinajstić information content (AvgIpc) is 2.63. The summed E-state index contributed by atoms with van der Waals surface area (Å²) in [5.74, 6) is -0.864. The fourth-order valence-electron chi connectivity index (χ4n) is 2.31. The van der Waals surface area contributed by atoms with Gasteiger partial charge in [-0.15, -0.1) is 0 Å². The Hall–Kier alpha value is -1.57. The van der Waals surface area contributed by atoms with Gasteiger partial charge in [-0.2, -0.15) is 0 Å². The number of esters is 1. The number of amides is 1. The summed E-state index contributed by atoms with van der Waals surface area (Å²) in [4.78, 5) is 34.1. The molecule has 1 amide bonds. The van der Waals surface area contributed by atoms with Crippen LogP contribution in [0.2, 0.25) is 0 Å². The summed E-state index contributed by atoms with van der Waals surface area (Å²) in [5.41, 5.74) is 0.176. The third-order valence-corrected chi connectivity index (χ3v) is 5.27. The van der Waals surface area contributed by atoms with Crippen LogP contribution in [0.5, 0.6) is 0 Å². The highest BCUT2D eigenvalue weighted by Crippen LogP contribution is 2.64. The van der Waals surface area contributed by atoms with Gasteiger partial charge in [0.2, 0.25) is 5.91 Å². The third-order valence-electron chi connectivity index (χ3n) is 3.88. The van der Waals surface area contributed by atoms with Gasteiger partial charge in [-0.3, -0.25) is 23.2 Å². The highest BCUT2D eigenvalue weighted by molar-refractivity contribution is 7.55. The van der Waals surface area contributed by atoms with Gasteiger partial charge in [0.15, 0.2) is 6.10 Å². The maximum absolute atomic E-state index is 12.5. The van der Waals surface area contributed by atoms with Gasteiger partial charge in [0.05, 0.1) is 26.7 Å². The number of rotatable bonds is 7. The Morgan fingerprint density at radius 2 is 2.04 bits per heavy atom. The standard InChI is InChI=1S/C17H25NO7P/c1-17(2)12-24-26(21,23-11-13-7-5-4-6-8-13)25-15(17)16(20)18-10-9-14(19)22-3/h4-8,15,21H,9-12H2,1-3H3,(H,18,20)/t15-/m0/s1. The summed E-state index contributed by atoms with van der Waals surface area (Å²) in [5, 5.41) is 2.62. The van der Waals surface area contributed by atoms with E-state index in [1.807, 2.05) is 30.3 Å². The molecule has 0 aliphatic carbocycles. The van der Waals surface area contributed by atoms with Crippen molar-refractivity contribution in [2.45, 2.75) is 33.0 Å². The first-order valence-corrected chi connectivity index (χ1v) is 9.73. The Balaban J connectivity index is 1.95. The molecular weight excluding hydrogens is 361 g/mol. The summed E-state index contributed by atoms with van der Waals surface area (Å²) in [7, 11) is -2.35. The lowest BCUT2D eigenvalue weighted by Gasteiger charge is -2.44. The minimum absolute atomic E-state index is 0.0514. The molecule has 26 heavy (non-hydrogen) atoms. The molecule has 8 nitrogen and oxygen atoms in total. The van der Waals surface area contributed by atoms with E-state index in [2.05, 4.69) is 10.1 Å². The van der Waals surface area contributed by atoms with E-state index >= 15 is 0 Å². The molecule has 1 aliphatic rings. The van der Waals surface area contributed by atoms with Crippen molar-refractivity contribution in [1.82, 2.24) is 5.32 Å². The molecule has 1 aromatic carbocycles. The Morgan fingerprint density at radius 1 is 1.35 bits per heavy atom. The highest BCUT2D eigenvalue weighted by atomic mass is 31.2. The maximum atomic E-state index is 12.5. The van der Waals surface area contributed by atoms with Crippen LogP contribution in [0, 0.1) is 5.41 Å². The Bertz CT molecular complexity index is 625. The fraction of sp³-hybridized carbons (Fsp3) is 0.529. The summed E-state index contributed by atoms with van der Waals surface area (Å²) >= 11 is 0. The Labute approximate surface area is 153 Å². The van der Waals surface area contributed by atoms with E-state index in [1.165, 1.54) is 7.11 Å². The van der Waals surface area contributed by atoms with Crippen LogP contribution in [0.3, 0.4) is 0 Å². The normalized spacial score (nSPS) is 24.7. The predicted octanol–water partition coefficient (Wildman–Crippen LogP) is 1.99. The zero-order valence-electron chi connectivity index (χ0n) is 15.1. The third kappa shape index (κ3) is 5.72. The molecule has 0 bridgehead atoms. The van der Waals surface area contributed by atoms with Gasteiger partial charge >= 0.3 is 14.1 Å². The minimum atomic E-state index is -3.63. The first-order valence-electron chi connectivity index (χ1n) is 8.23. The van der Waals surface area contributed by atoms with Crippen molar-refractivity contribution in [2.24, 2.45) is 5.41 Å². The lowest BCUT2D eigenvalue weighted by Crippen LogP contribution is -2.50. The van der Waals surface area contributed by atoms with Gasteiger partial charge in [0.25, 0.3) is 0 Å². The van der Waals surface area contributed by atoms with Crippen molar-refractivity contribution in [1.29, 1.82) is 0 Å². The van der Waals surface area contributed by atoms with Crippen LogP contribution in [-0.2, 0) is 34.5 Å². The van der Waals surface area contributed by atoms with Crippen LogP contribution in [-0.4, -0.2) is 43.1 Å². The summed E-state index contributed by atoms with van der Waals surface area (Å²) < 4.78 is 20.9. The van der Waals surface area contributed by atoms with Crippen LogP contribution < -0.4 is 5.32 Å². The number of methoxy groups -OCH3 is 1. The number of carbonyl (C=O) groups is 2. The average molecular weight is 386 g/mol. The van der Waals surface area contributed by atoms with E-state index in [0.717, 1.165) is 5.56 Å². The molecule has 1 unspecified atom stereocenters. The largest absolute Gasteiger partial charge is 0.469 e. The van der Waals surface area contributed by atoms with E-state index in [0.29, 0.717) is 0 Å². The molecule has 1 radical (unpaired) electrons. The second-order valence-electron chi connectivity index (χ2n) is 6.59. The molecule has 1 fully saturated rings. The van der Waals surface area contributed by atoms with Crippen LogP contribution in [0.25, 0.3) is 0 Å². The number of benzene rings is 1. The van der Waals surface area contributed by atoms with Crippen molar-refractivity contribution >= 4 is 20.0 Å². The van der Waals surface area contributed by atoms with Crippen molar-refractivity contribution in [3.8, 4) is 0 Å². The first-order chi connectivity index (χ1) is 12.3. The molecule has 2 atom stereocenters. The van der Waals surface area contributed by atoms with Crippen molar-refractivity contribution in [2.75, 3.05) is 20.3 Å². The van der Waals surface area contributed by atoms with Crippen molar-refractivity contribution in [3.63, 3.8) is 0 Å². The summed E-state index contributed by atoms with van der Waals surface area (Å²) in [6.45, 7) is 3.89. The van der Waals surface area contributed by atoms with Crippen LogP contribution in [0.4, 0.5) is 0 Å². The van der Waals surface area contributed by atoms with Gasteiger partial charge in [0, 0.05) is 12.0 Å². The molecule has 145 valence electrons. The maximum Gasteiger partial charge on any atom is 0.378 e. The molecule has 0 saturated carbocycles. The zero-order chi connectivity index (χ0) is 19.2. The molecule has 9 heteroatoms. The van der Waals surface area contributed by atoms with E-state index in [-0.39, 0.29) is 26.2 Å². The van der Waals surface area contributed by atoms with Gasteiger partial charge in [-0.1, -0.05) is 44.2 Å². The lowest BCUT2D eigenvalue weighted by atomic mass is 9.87. The number of carbonyl (C=O) groups excluding carboxylic acids is 2. The molecule has 0 aromatic heterocycles. The Morgan fingerprint density at radius 3 is 2.69 bits per heavy atom. The summed E-state index contributed by atoms with van der Waals surface area (Å²) in [6, 6.07) is 9.27. The molecule has 1 saturated heterocycles. The highest BCUT2D eigenvalue weighted by Gasteiger charge is 2.50. The van der Waals surface area contributed by atoms with Gasteiger partial charge < -0.3 is 14.9 Å². The topological polar surface area (TPSA) is 103 Å². The van der Waals surface area contributed by atoms with Crippen LogP contribution >= 0.6 is 8.17 Å². The second-order valence-corrected chi connectivity index (χ2v) is 8.26. The first kappa shape index (κ1) is 20.7. The van der Waals surface area contributed by atoms with Gasteiger partial charge in [0.1, 0.15) is 0 Å². The van der Waals surface area contributed by atoms with E-state index in [1.54, 1.807) is 13.8 Å². The van der Waals surface area contributed by atoms with Crippen LogP contribution in [0.15, 0.2) is 30.3 Å². The summed E-state index contributed by atoms with van der Waals surface area (Å²) in [6.07, 6.45) is -0.918. The molecule has 2 rings (SSSR count). The van der Waals surface area contributed by atoms with Crippen molar-refractivity contribution < 1.29 is 32.8 Å². The van der Waals surface area contributed by atoms with E-state index < -0.39 is 31.6 Å². The SMILES string of the molecule is COC(=O)CCNC(=O)[C@@H]1O[P](O)(OCc2ccccc2)OCC1(C)C. The van der Waals surface area contributed by atoms with Gasteiger partial charge in [-0.05, 0) is 5.56 Å². The quantitative estimate of drug-likeness (QED) is 0.546. The predicted molar refractivity (Wildman–Crippen MR) is 94.6 cm³/mol. The Kier molecular flexibility index (Phi) is 7.08. The molecule has 0 spiro atoms. The fourth-order valence-corrected chi connectivity index (χ4v) is 3.97. The minimum Gasteiger partial charge on any atom is -0.469 e. The van der Waals surface area contributed by atoms with Gasteiger partial charge in [-0.25, -0.2) is 0 Å². The van der Waals surface area contributed by atoms with Crippen molar-refractivity contribution in [3.05, 3.63) is 35.9 Å². The van der Waals surface area contributed by atoms with Crippen LogP contribution in [0.1, 0.15) is 25.8 Å². The monoisotopic (exact) mass is 386 g/mol. The smallest absolute Gasteiger partial charge is 0.378 e.